The zero-order chi connectivity index (χ0) is 8.43. The van der Waals surface area contributed by atoms with E-state index in [1.807, 2.05) is 12.3 Å². The van der Waals surface area contributed by atoms with Gasteiger partial charge >= 0.3 is 0 Å². The fourth-order valence-corrected chi connectivity index (χ4v) is 2.29. The SMILES string of the molecule is COC(O)c1csc(I)c1C. The molecule has 0 amide bonds. The van der Waals surface area contributed by atoms with Crippen molar-refractivity contribution in [3.05, 3.63) is 19.4 Å². The molecule has 0 aromatic carbocycles. The maximum absolute atomic E-state index is 9.30. The van der Waals surface area contributed by atoms with Gasteiger partial charge in [-0.25, -0.2) is 0 Å². The first-order chi connectivity index (χ1) is 5.16. The van der Waals surface area contributed by atoms with Crippen molar-refractivity contribution in [2.45, 2.75) is 13.2 Å². The Labute approximate surface area is 83.3 Å². The molecule has 1 heterocycles. The van der Waals surface area contributed by atoms with Gasteiger partial charge in [0.15, 0.2) is 6.29 Å². The Balaban J connectivity index is 2.94. The molecule has 4 heteroatoms. The maximum Gasteiger partial charge on any atom is 0.181 e. The van der Waals surface area contributed by atoms with Crippen LogP contribution in [0.5, 0.6) is 0 Å². The highest BCUT2D eigenvalue weighted by Crippen LogP contribution is 2.28. The van der Waals surface area contributed by atoms with Crippen LogP contribution in [0.1, 0.15) is 17.4 Å². The first kappa shape index (κ1) is 9.44. The average Bonchev–Trinajstić information content (AvgIpc) is 2.32. The summed E-state index contributed by atoms with van der Waals surface area (Å²) in [5.74, 6) is 0. The molecule has 0 spiro atoms. The zero-order valence-electron chi connectivity index (χ0n) is 6.30. The second-order valence-corrected chi connectivity index (χ2v) is 4.87. The van der Waals surface area contributed by atoms with Gasteiger partial charge in [0.05, 0.1) is 2.88 Å². The molecule has 0 bridgehead atoms. The van der Waals surface area contributed by atoms with Crippen LogP contribution < -0.4 is 0 Å². The van der Waals surface area contributed by atoms with Crippen molar-refractivity contribution in [3.63, 3.8) is 0 Å². The highest BCUT2D eigenvalue weighted by molar-refractivity contribution is 14.1. The second-order valence-electron chi connectivity index (χ2n) is 2.18. The molecule has 1 rings (SSSR count). The number of ether oxygens (including phenoxy) is 1. The summed E-state index contributed by atoms with van der Waals surface area (Å²) in [6.07, 6.45) is -0.769. The van der Waals surface area contributed by atoms with Crippen LogP contribution in [0.3, 0.4) is 0 Å². The number of halogens is 1. The minimum Gasteiger partial charge on any atom is -0.364 e. The molecular weight excluding hydrogens is 275 g/mol. The highest BCUT2D eigenvalue weighted by atomic mass is 127. The molecule has 0 radical (unpaired) electrons. The Bertz CT molecular complexity index is 247. The number of aliphatic hydroxyl groups excluding tert-OH is 1. The van der Waals surface area contributed by atoms with Gasteiger partial charge in [0, 0.05) is 18.1 Å². The van der Waals surface area contributed by atoms with E-state index in [1.54, 1.807) is 11.3 Å². The van der Waals surface area contributed by atoms with Gasteiger partial charge in [-0.05, 0) is 35.1 Å². The van der Waals surface area contributed by atoms with Crippen molar-refractivity contribution in [1.29, 1.82) is 0 Å². The van der Waals surface area contributed by atoms with Crippen LogP contribution in [0.25, 0.3) is 0 Å². The van der Waals surface area contributed by atoms with Crippen molar-refractivity contribution in [2.24, 2.45) is 0 Å². The third-order valence-corrected chi connectivity index (χ3v) is 3.96. The normalized spacial score (nSPS) is 13.5. The van der Waals surface area contributed by atoms with Gasteiger partial charge in [0.1, 0.15) is 0 Å². The van der Waals surface area contributed by atoms with Gasteiger partial charge in [-0.15, -0.1) is 11.3 Å². The Hall–Kier alpha value is 0.350. The third-order valence-electron chi connectivity index (χ3n) is 1.51. The molecule has 1 aromatic heterocycles. The van der Waals surface area contributed by atoms with Crippen LogP contribution in [0, 0.1) is 9.81 Å². The van der Waals surface area contributed by atoms with E-state index >= 15 is 0 Å². The molecule has 1 atom stereocenters. The fourth-order valence-electron chi connectivity index (χ4n) is 0.776. The first-order valence-electron chi connectivity index (χ1n) is 3.11. The van der Waals surface area contributed by atoms with E-state index in [2.05, 4.69) is 22.6 Å². The van der Waals surface area contributed by atoms with Gasteiger partial charge in [0.2, 0.25) is 0 Å². The molecule has 1 aromatic rings. The van der Waals surface area contributed by atoms with E-state index in [-0.39, 0.29) is 0 Å². The predicted molar refractivity (Wildman–Crippen MR) is 53.7 cm³/mol. The van der Waals surface area contributed by atoms with Crippen LogP contribution in [0.2, 0.25) is 0 Å². The number of methoxy groups -OCH3 is 1. The van der Waals surface area contributed by atoms with E-state index in [0.29, 0.717) is 0 Å². The van der Waals surface area contributed by atoms with Crippen LogP contribution >= 0.6 is 33.9 Å². The average molecular weight is 284 g/mol. The van der Waals surface area contributed by atoms with Crippen molar-refractivity contribution in [1.82, 2.24) is 0 Å². The molecular formula is C7H9IO2S. The molecule has 0 aliphatic heterocycles. The molecule has 1 unspecified atom stereocenters. The number of hydrogen-bond donors (Lipinski definition) is 1. The maximum atomic E-state index is 9.30. The topological polar surface area (TPSA) is 29.5 Å². The van der Waals surface area contributed by atoms with Gasteiger partial charge in [0.25, 0.3) is 0 Å². The number of thiophene rings is 1. The molecule has 1 N–H and O–H groups in total. The van der Waals surface area contributed by atoms with Crippen LogP contribution in [-0.4, -0.2) is 12.2 Å². The quantitative estimate of drug-likeness (QED) is 0.667. The van der Waals surface area contributed by atoms with Crippen molar-refractivity contribution >= 4 is 33.9 Å². The van der Waals surface area contributed by atoms with E-state index < -0.39 is 6.29 Å². The molecule has 62 valence electrons. The summed E-state index contributed by atoms with van der Waals surface area (Å²) in [7, 11) is 1.49. The summed E-state index contributed by atoms with van der Waals surface area (Å²) >= 11 is 3.87. The number of aliphatic hydroxyl groups is 1. The van der Waals surface area contributed by atoms with Gasteiger partial charge < -0.3 is 9.84 Å². The summed E-state index contributed by atoms with van der Waals surface area (Å²) in [4.78, 5) is 0. The standard InChI is InChI=1S/C7H9IO2S/c1-4-5(7(9)10-2)3-11-6(4)8/h3,7,9H,1-2H3. The van der Waals surface area contributed by atoms with Crippen LogP contribution in [0.15, 0.2) is 5.38 Å². The lowest BCUT2D eigenvalue weighted by atomic mass is 10.2. The van der Waals surface area contributed by atoms with Gasteiger partial charge in [-0.2, -0.15) is 0 Å². The van der Waals surface area contributed by atoms with Gasteiger partial charge in [-0.3, -0.25) is 0 Å². The van der Waals surface area contributed by atoms with Crippen LogP contribution in [0.4, 0.5) is 0 Å². The van der Waals surface area contributed by atoms with E-state index in [9.17, 15) is 5.11 Å². The zero-order valence-corrected chi connectivity index (χ0v) is 9.27. The van der Waals surface area contributed by atoms with Crippen molar-refractivity contribution < 1.29 is 9.84 Å². The monoisotopic (exact) mass is 284 g/mol. The first-order valence-corrected chi connectivity index (χ1v) is 5.07. The van der Waals surface area contributed by atoms with E-state index in [0.717, 1.165) is 11.1 Å². The van der Waals surface area contributed by atoms with Gasteiger partial charge in [-0.1, -0.05) is 0 Å². The molecule has 2 nitrogen and oxygen atoms in total. The third kappa shape index (κ3) is 1.93. The number of rotatable bonds is 2. The predicted octanol–water partition coefficient (Wildman–Crippen LogP) is 2.30. The molecule has 11 heavy (non-hydrogen) atoms. The lowest BCUT2D eigenvalue weighted by molar-refractivity contribution is -0.0770. The summed E-state index contributed by atoms with van der Waals surface area (Å²) in [5, 5.41) is 11.2. The molecule has 0 fully saturated rings. The lowest BCUT2D eigenvalue weighted by Gasteiger charge is -2.06. The minimum atomic E-state index is -0.769. The minimum absolute atomic E-state index is 0.769. The number of hydrogen-bond acceptors (Lipinski definition) is 3. The molecule has 0 aliphatic rings. The summed E-state index contributed by atoms with van der Waals surface area (Å²) < 4.78 is 5.99. The second kappa shape index (κ2) is 3.84. The molecule has 0 saturated carbocycles. The molecule has 0 saturated heterocycles. The largest absolute Gasteiger partial charge is 0.364 e. The Morgan fingerprint density at radius 3 is 2.73 bits per heavy atom. The summed E-state index contributed by atoms with van der Waals surface area (Å²) in [5.41, 5.74) is 1.99. The van der Waals surface area contributed by atoms with Crippen molar-refractivity contribution in [3.8, 4) is 0 Å². The smallest absolute Gasteiger partial charge is 0.181 e. The lowest BCUT2D eigenvalue weighted by Crippen LogP contribution is -1.99. The fraction of sp³-hybridized carbons (Fsp3) is 0.429. The van der Waals surface area contributed by atoms with Crippen LogP contribution in [-0.2, 0) is 4.74 Å². The van der Waals surface area contributed by atoms with E-state index in [1.165, 1.54) is 9.99 Å². The Kier molecular flexibility index (Phi) is 3.29. The Morgan fingerprint density at radius 2 is 2.36 bits per heavy atom. The summed E-state index contributed by atoms with van der Waals surface area (Å²) in [6.45, 7) is 1.98. The Morgan fingerprint density at radius 1 is 1.73 bits per heavy atom. The molecule has 0 aliphatic carbocycles. The van der Waals surface area contributed by atoms with E-state index in [4.69, 9.17) is 4.74 Å². The van der Waals surface area contributed by atoms with Crippen molar-refractivity contribution in [2.75, 3.05) is 7.11 Å². The summed E-state index contributed by atoms with van der Waals surface area (Å²) in [6, 6.07) is 0. The highest BCUT2D eigenvalue weighted by Gasteiger charge is 2.12.